The van der Waals surface area contributed by atoms with Crippen molar-refractivity contribution in [2.45, 2.75) is 12.7 Å². The summed E-state index contributed by atoms with van der Waals surface area (Å²) in [7, 11) is 1.58. The number of ether oxygens (including phenoxy) is 2. The second-order valence-electron chi connectivity index (χ2n) is 6.19. The largest absolute Gasteiger partial charge is 0.497 e. The quantitative estimate of drug-likeness (QED) is 0.706. The molecule has 1 saturated heterocycles. The zero-order chi connectivity index (χ0) is 20.9. The monoisotopic (exact) mass is 427 g/mol. The van der Waals surface area contributed by atoms with Crippen LogP contribution in [-0.4, -0.2) is 48.5 Å². The number of hydrogen-bond acceptors (Lipinski definition) is 6. The summed E-state index contributed by atoms with van der Waals surface area (Å²) in [6.07, 6.45) is -4.60. The SMILES string of the molecule is COc1ccc(CNC(=S)Nc2nc(N3CCOCC3)cc(C(F)(F)F)n2)cc1. The predicted molar refractivity (Wildman–Crippen MR) is 106 cm³/mol. The van der Waals surface area contributed by atoms with Crippen molar-refractivity contribution in [3.63, 3.8) is 0 Å². The van der Waals surface area contributed by atoms with Gasteiger partial charge < -0.3 is 25.0 Å². The summed E-state index contributed by atoms with van der Waals surface area (Å²) in [4.78, 5) is 9.48. The van der Waals surface area contributed by atoms with E-state index in [4.69, 9.17) is 21.7 Å². The van der Waals surface area contributed by atoms with Gasteiger partial charge in [0.05, 0.1) is 20.3 Å². The maximum absolute atomic E-state index is 13.3. The van der Waals surface area contributed by atoms with E-state index in [9.17, 15) is 13.2 Å². The number of morpholine rings is 1. The first kappa shape index (κ1) is 21.1. The lowest BCUT2D eigenvalue weighted by molar-refractivity contribution is -0.141. The fraction of sp³-hybridized carbons (Fsp3) is 0.389. The third-order valence-corrected chi connectivity index (χ3v) is 4.42. The Hall–Kier alpha value is -2.66. The van der Waals surface area contributed by atoms with Gasteiger partial charge in [-0.15, -0.1) is 0 Å². The Bertz CT molecular complexity index is 842. The Morgan fingerprint density at radius 2 is 1.90 bits per heavy atom. The van der Waals surface area contributed by atoms with Crippen LogP contribution in [-0.2, 0) is 17.5 Å². The number of hydrogen-bond donors (Lipinski definition) is 2. The lowest BCUT2D eigenvalue weighted by Gasteiger charge is -2.28. The molecule has 1 aromatic heterocycles. The molecule has 1 fully saturated rings. The normalized spacial score (nSPS) is 14.4. The van der Waals surface area contributed by atoms with Gasteiger partial charge in [-0.1, -0.05) is 12.1 Å². The molecule has 7 nitrogen and oxygen atoms in total. The summed E-state index contributed by atoms with van der Waals surface area (Å²) in [6, 6.07) is 8.25. The first-order chi connectivity index (χ1) is 13.8. The molecule has 0 radical (unpaired) electrons. The van der Waals surface area contributed by atoms with Crippen molar-refractivity contribution in [2.24, 2.45) is 0 Å². The third-order valence-electron chi connectivity index (χ3n) is 4.18. The summed E-state index contributed by atoms with van der Waals surface area (Å²) in [5, 5.41) is 5.69. The van der Waals surface area contributed by atoms with Gasteiger partial charge in [0.15, 0.2) is 10.8 Å². The second kappa shape index (κ2) is 9.23. The molecule has 1 aliphatic heterocycles. The molecule has 156 valence electrons. The number of alkyl halides is 3. The Morgan fingerprint density at radius 3 is 2.52 bits per heavy atom. The Labute approximate surface area is 171 Å². The van der Waals surface area contributed by atoms with Crippen LogP contribution in [0.3, 0.4) is 0 Å². The van der Waals surface area contributed by atoms with Crippen molar-refractivity contribution in [3.05, 3.63) is 41.6 Å². The van der Waals surface area contributed by atoms with Crippen LogP contribution >= 0.6 is 12.2 Å². The van der Waals surface area contributed by atoms with Gasteiger partial charge >= 0.3 is 6.18 Å². The molecule has 1 aliphatic rings. The number of nitrogens with one attached hydrogen (secondary N) is 2. The number of benzene rings is 1. The highest BCUT2D eigenvalue weighted by molar-refractivity contribution is 7.80. The van der Waals surface area contributed by atoms with Gasteiger partial charge in [-0.2, -0.15) is 18.2 Å². The van der Waals surface area contributed by atoms with E-state index in [1.807, 2.05) is 12.1 Å². The molecule has 29 heavy (non-hydrogen) atoms. The molecule has 2 heterocycles. The van der Waals surface area contributed by atoms with Crippen LogP contribution in [0.4, 0.5) is 24.9 Å². The van der Waals surface area contributed by atoms with Gasteiger partial charge in [-0.25, -0.2) is 4.98 Å². The zero-order valence-corrected chi connectivity index (χ0v) is 16.4. The zero-order valence-electron chi connectivity index (χ0n) is 15.6. The maximum atomic E-state index is 13.3. The first-order valence-corrected chi connectivity index (χ1v) is 9.23. The highest BCUT2D eigenvalue weighted by Gasteiger charge is 2.34. The van der Waals surface area contributed by atoms with Crippen LogP contribution in [0.5, 0.6) is 5.75 Å². The molecule has 0 unspecified atom stereocenters. The van der Waals surface area contributed by atoms with E-state index >= 15 is 0 Å². The predicted octanol–water partition coefficient (Wildman–Crippen LogP) is 2.83. The smallest absolute Gasteiger partial charge is 0.433 e. The molecule has 0 bridgehead atoms. The molecule has 0 spiro atoms. The fourth-order valence-corrected chi connectivity index (χ4v) is 2.82. The number of aromatic nitrogens is 2. The third kappa shape index (κ3) is 5.91. The molecule has 0 atom stereocenters. The van der Waals surface area contributed by atoms with Crippen LogP contribution in [0, 0.1) is 0 Å². The standard InChI is InChI=1S/C18H20F3N5O2S/c1-27-13-4-2-12(3-5-13)11-22-17(29)25-16-23-14(18(19,20)21)10-15(24-16)26-6-8-28-9-7-26/h2-5,10H,6-9,11H2,1H3,(H2,22,23,24,25,29). The molecular formula is C18H20F3N5O2S. The van der Waals surface area contributed by atoms with E-state index in [1.165, 1.54) is 0 Å². The van der Waals surface area contributed by atoms with Crippen molar-refractivity contribution in [2.75, 3.05) is 43.6 Å². The van der Waals surface area contributed by atoms with Crippen molar-refractivity contribution >= 4 is 29.1 Å². The van der Waals surface area contributed by atoms with Crippen LogP contribution < -0.4 is 20.3 Å². The molecule has 0 saturated carbocycles. The maximum Gasteiger partial charge on any atom is 0.433 e. The average Bonchev–Trinajstić information content (AvgIpc) is 2.72. The number of methoxy groups -OCH3 is 1. The van der Waals surface area contributed by atoms with E-state index in [0.29, 0.717) is 32.8 Å². The van der Waals surface area contributed by atoms with Gasteiger partial charge in [0.1, 0.15) is 11.6 Å². The van der Waals surface area contributed by atoms with Gasteiger partial charge in [0.25, 0.3) is 0 Å². The minimum Gasteiger partial charge on any atom is -0.497 e. The lowest BCUT2D eigenvalue weighted by atomic mass is 10.2. The average molecular weight is 427 g/mol. The Morgan fingerprint density at radius 1 is 1.21 bits per heavy atom. The lowest BCUT2D eigenvalue weighted by Crippen LogP contribution is -2.37. The van der Waals surface area contributed by atoms with E-state index < -0.39 is 11.9 Å². The van der Waals surface area contributed by atoms with Crippen molar-refractivity contribution in [1.29, 1.82) is 0 Å². The van der Waals surface area contributed by atoms with Gasteiger partial charge in [0.2, 0.25) is 5.95 Å². The van der Waals surface area contributed by atoms with Crippen molar-refractivity contribution in [1.82, 2.24) is 15.3 Å². The minimum absolute atomic E-state index is 0.119. The molecule has 2 N–H and O–H groups in total. The number of anilines is 2. The second-order valence-corrected chi connectivity index (χ2v) is 6.60. The number of rotatable bonds is 5. The number of nitrogens with zero attached hydrogens (tertiary/aromatic N) is 3. The number of halogens is 3. The molecular weight excluding hydrogens is 407 g/mol. The Kier molecular flexibility index (Phi) is 6.70. The van der Waals surface area contributed by atoms with Crippen molar-refractivity contribution in [3.8, 4) is 5.75 Å². The van der Waals surface area contributed by atoms with Crippen LogP contribution in [0.2, 0.25) is 0 Å². The topological polar surface area (TPSA) is 71.5 Å². The van der Waals surface area contributed by atoms with Crippen LogP contribution in [0.15, 0.2) is 30.3 Å². The Balaban J connectivity index is 1.69. The summed E-state index contributed by atoms with van der Waals surface area (Å²) in [5.74, 6) is 0.687. The highest BCUT2D eigenvalue weighted by atomic mass is 32.1. The van der Waals surface area contributed by atoms with Crippen LogP contribution in [0.25, 0.3) is 0 Å². The van der Waals surface area contributed by atoms with Crippen LogP contribution in [0.1, 0.15) is 11.3 Å². The van der Waals surface area contributed by atoms with E-state index in [1.54, 1.807) is 24.1 Å². The summed E-state index contributed by atoms with van der Waals surface area (Å²) in [6.45, 7) is 2.14. The minimum atomic E-state index is -4.60. The van der Waals surface area contributed by atoms with E-state index in [2.05, 4.69) is 20.6 Å². The molecule has 11 heteroatoms. The van der Waals surface area contributed by atoms with E-state index in [-0.39, 0.29) is 16.9 Å². The summed E-state index contributed by atoms with van der Waals surface area (Å²) in [5.41, 5.74) is -0.108. The molecule has 2 aromatic rings. The summed E-state index contributed by atoms with van der Waals surface area (Å²) >= 11 is 5.18. The fourth-order valence-electron chi connectivity index (χ4n) is 2.66. The molecule has 0 amide bonds. The first-order valence-electron chi connectivity index (χ1n) is 8.82. The van der Waals surface area contributed by atoms with Gasteiger partial charge in [-0.05, 0) is 29.9 Å². The van der Waals surface area contributed by atoms with Gasteiger partial charge in [0, 0.05) is 25.7 Å². The van der Waals surface area contributed by atoms with Crippen molar-refractivity contribution < 1.29 is 22.6 Å². The molecule has 1 aromatic carbocycles. The molecule has 0 aliphatic carbocycles. The molecule has 3 rings (SSSR count). The summed E-state index contributed by atoms with van der Waals surface area (Å²) < 4.78 is 50.1. The van der Waals surface area contributed by atoms with E-state index in [0.717, 1.165) is 17.4 Å². The van der Waals surface area contributed by atoms with Gasteiger partial charge in [-0.3, -0.25) is 0 Å². The number of thiocarbonyl (C=S) groups is 1. The highest BCUT2D eigenvalue weighted by Crippen LogP contribution is 2.30.